The number of fused-ring (bicyclic) bond motifs is 1. The number of nitrogens with zero attached hydrogens (tertiary/aromatic N) is 4. The topological polar surface area (TPSA) is 89.8 Å². The van der Waals surface area contributed by atoms with E-state index in [2.05, 4.69) is 34.4 Å². The van der Waals surface area contributed by atoms with Crippen LogP contribution in [0, 0.1) is 17.1 Å². The molecule has 1 atom stereocenters. The summed E-state index contributed by atoms with van der Waals surface area (Å²) in [7, 11) is 0. The molecule has 3 rings (SSSR count). The number of aryl methyl sites for hydroxylation is 1. The van der Waals surface area contributed by atoms with Gasteiger partial charge in [0, 0.05) is 17.3 Å². The summed E-state index contributed by atoms with van der Waals surface area (Å²) in [5, 5.41) is 16.6. The Morgan fingerprint density at radius 3 is 2.92 bits per heavy atom. The molecule has 0 saturated heterocycles. The summed E-state index contributed by atoms with van der Waals surface area (Å²) < 4.78 is 14.9. The number of allylic oxidation sites excluding steroid dienone is 3. The van der Waals surface area contributed by atoms with Crippen LogP contribution in [0.3, 0.4) is 0 Å². The molecule has 2 aliphatic heterocycles. The van der Waals surface area contributed by atoms with Gasteiger partial charge in [0.05, 0.1) is 12.4 Å². The molecule has 0 fully saturated rings. The van der Waals surface area contributed by atoms with Gasteiger partial charge in [-0.1, -0.05) is 0 Å². The largest absolute Gasteiger partial charge is 0.352 e. The minimum Gasteiger partial charge on any atom is -0.352 e. The lowest BCUT2D eigenvalue weighted by atomic mass is 9.92. The molecular weight excluding hydrogens is 319 g/mol. The molecular formula is C18H21FN6. The van der Waals surface area contributed by atoms with Crippen LogP contribution < -0.4 is 16.2 Å². The van der Waals surface area contributed by atoms with Crippen LogP contribution >= 0.6 is 0 Å². The number of benzene rings is 1. The minimum atomic E-state index is -0.308. The van der Waals surface area contributed by atoms with Gasteiger partial charge < -0.3 is 4.90 Å². The molecule has 1 aromatic carbocycles. The highest BCUT2D eigenvalue weighted by atomic mass is 19.1. The van der Waals surface area contributed by atoms with E-state index in [0.717, 1.165) is 24.1 Å². The second kappa shape index (κ2) is 7.13. The van der Waals surface area contributed by atoms with Crippen molar-refractivity contribution in [2.75, 3.05) is 4.90 Å². The first-order chi connectivity index (χ1) is 12.0. The van der Waals surface area contributed by atoms with Crippen molar-refractivity contribution in [3.8, 4) is 6.07 Å². The Morgan fingerprint density at radius 1 is 1.44 bits per heavy atom. The average molecular weight is 340 g/mol. The first kappa shape index (κ1) is 17.3. The lowest BCUT2D eigenvalue weighted by molar-refractivity contribution is 0.422. The summed E-state index contributed by atoms with van der Waals surface area (Å²) in [5.41, 5.74) is 6.24. The van der Waals surface area contributed by atoms with E-state index in [-0.39, 0.29) is 23.7 Å². The van der Waals surface area contributed by atoms with E-state index in [9.17, 15) is 4.39 Å². The van der Waals surface area contributed by atoms with Crippen LogP contribution in [0.15, 0.2) is 40.3 Å². The van der Waals surface area contributed by atoms with Crippen molar-refractivity contribution < 1.29 is 4.39 Å². The Morgan fingerprint density at radius 2 is 2.24 bits per heavy atom. The van der Waals surface area contributed by atoms with Gasteiger partial charge in [-0.25, -0.2) is 9.82 Å². The highest BCUT2D eigenvalue weighted by Crippen LogP contribution is 2.36. The van der Waals surface area contributed by atoms with Gasteiger partial charge in [-0.15, -0.1) is 5.11 Å². The predicted octanol–water partition coefficient (Wildman–Crippen LogP) is 3.38. The van der Waals surface area contributed by atoms with Gasteiger partial charge in [0.1, 0.15) is 11.9 Å². The zero-order chi connectivity index (χ0) is 18.0. The summed E-state index contributed by atoms with van der Waals surface area (Å²) in [6, 6.07) is 5.61. The van der Waals surface area contributed by atoms with Gasteiger partial charge in [-0.05, 0) is 62.5 Å². The summed E-state index contributed by atoms with van der Waals surface area (Å²) in [4.78, 5) is 2.11. The van der Waals surface area contributed by atoms with Crippen molar-refractivity contribution >= 4 is 11.3 Å². The Bertz CT molecular complexity index is 803. The first-order valence-corrected chi connectivity index (χ1v) is 8.32. The number of rotatable bonds is 3. The Labute approximate surface area is 146 Å². The molecule has 0 saturated carbocycles. The molecule has 0 aliphatic carbocycles. The highest BCUT2D eigenvalue weighted by Gasteiger charge is 2.29. The summed E-state index contributed by atoms with van der Waals surface area (Å²) in [6.07, 6.45) is 5.27. The number of hydrazine groups is 1. The Balaban J connectivity index is 2.01. The van der Waals surface area contributed by atoms with Gasteiger partial charge in [0.15, 0.2) is 5.70 Å². The molecule has 0 aromatic heterocycles. The van der Waals surface area contributed by atoms with E-state index in [1.165, 1.54) is 6.20 Å². The van der Waals surface area contributed by atoms with Crippen LogP contribution in [-0.2, 0) is 6.42 Å². The van der Waals surface area contributed by atoms with Crippen molar-refractivity contribution in [3.05, 3.63) is 47.0 Å². The van der Waals surface area contributed by atoms with Gasteiger partial charge >= 0.3 is 0 Å². The molecule has 0 radical (unpaired) electrons. The molecule has 6 nitrogen and oxygen atoms in total. The molecule has 1 aromatic rings. The van der Waals surface area contributed by atoms with E-state index in [4.69, 9.17) is 11.1 Å². The van der Waals surface area contributed by atoms with Crippen LogP contribution in [0.1, 0.15) is 37.8 Å². The molecule has 3 N–H and O–H groups in total. The summed E-state index contributed by atoms with van der Waals surface area (Å²) >= 11 is 0. The SMILES string of the molecule is CC(C)N1c2cc(F)c(C3=CN=NC(C#N)=CC3)cc2CCC1NN. The zero-order valence-electron chi connectivity index (χ0n) is 14.3. The average Bonchev–Trinajstić information content (AvgIpc) is 2.85. The highest BCUT2D eigenvalue weighted by molar-refractivity contribution is 5.72. The number of azo groups is 1. The van der Waals surface area contributed by atoms with Crippen molar-refractivity contribution in [1.29, 1.82) is 5.26 Å². The maximum Gasteiger partial charge on any atom is 0.159 e. The zero-order valence-corrected chi connectivity index (χ0v) is 14.3. The monoisotopic (exact) mass is 340 g/mol. The number of hydrogen-bond acceptors (Lipinski definition) is 6. The number of halogens is 1. The minimum absolute atomic E-state index is 0.00948. The van der Waals surface area contributed by atoms with Crippen LogP contribution in [0.25, 0.3) is 5.57 Å². The standard InChI is InChI=1S/C18H21FN6/c1-11(2)25-17-8-16(19)15(7-12(17)4-6-18(25)23-21)13-3-5-14(9-20)24-22-10-13/h5,7-8,10-11,18,23H,3-4,6,21H2,1-2H3. The third kappa shape index (κ3) is 3.31. The second-order valence-electron chi connectivity index (χ2n) is 6.46. The van der Waals surface area contributed by atoms with E-state index >= 15 is 0 Å². The molecule has 0 spiro atoms. The number of nitrogens with one attached hydrogen (secondary N) is 1. The van der Waals surface area contributed by atoms with Gasteiger partial charge in [-0.2, -0.15) is 10.4 Å². The van der Waals surface area contributed by atoms with Crippen molar-refractivity contribution in [2.24, 2.45) is 16.1 Å². The fourth-order valence-corrected chi connectivity index (χ4v) is 3.40. The van der Waals surface area contributed by atoms with Crippen molar-refractivity contribution in [2.45, 2.75) is 45.3 Å². The summed E-state index contributed by atoms with van der Waals surface area (Å²) in [6.45, 7) is 4.13. The van der Waals surface area contributed by atoms with Crippen LogP contribution in [0.5, 0.6) is 0 Å². The molecule has 1 unspecified atom stereocenters. The van der Waals surface area contributed by atoms with Gasteiger partial charge in [0.2, 0.25) is 0 Å². The van der Waals surface area contributed by atoms with E-state index < -0.39 is 0 Å². The Kier molecular flexibility index (Phi) is 4.93. The second-order valence-corrected chi connectivity index (χ2v) is 6.46. The van der Waals surface area contributed by atoms with Crippen molar-refractivity contribution in [3.63, 3.8) is 0 Å². The summed E-state index contributed by atoms with van der Waals surface area (Å²) in [5.74, 6) is 5.36. The molecule has 25 heavy (non-hydrogen) atoms. The lowest BCUT2D eigenvalue weighted by Gasteiger charge is -2.41. The fourth-order valence-electron chi connectivity index (χ4n) is 3.40. The molecule has 0 bridgehead atoms. The number of nitrogens with two attached hydrogens (primary N) is 1. The lowest BCUT2D eigenvalue weighted by Crippen LogP contribution is -2.54. The number of anilines is 1. The van der Waals surface area contributed by atoms with Gasteiger partial charge in [-0.3, -0.25) is 5.84 Å². The molecule has 2 aliphatic rings. The van der Waals surface area contributed by atoms with E-state index in [1.807, 2.05) is 12.1 Å². The van der Waals surface area contributed by atoms with Crippen LogP contribution in [-0.4, -0.2) is 12.2 Å². The fraction of sp³-hybridized carbons (Fsp3) is 0.389. The Hall–Kier alpha value is -2.56. The molecule has 130 valence electrons. The maximum atomic E-state index is 14.9. The van der Waals surface area contributed by atoms with E-state index in [0.29, 0.717) is 17.6 Å². The maximum absolute atomic E-state index is 14.9. The van der Waals surface area contributed by atoms with Gasteiger partial charge in [0.25, 0.3) is 0 Å². The van der Waals surface area contributed by atoms with Crippen LogP contribution in [0.4, 0.5) is 10.1 Å². The molecule has 2 heterocycles. The molecule has 0 amide bonds. The third-order valence-electron chi connectivity index (χ3n) is 4.57. The number of nitriles is 1. The number of hydrogen-bond donors (Lipinski definition) is 2. The predicted molar refractivity (Wildman–Crippen MR) is 94.6 cm³/mol. The molecule has 7 heteroatoms. The smallest absolute Gasteiger partial charge is 0.159 e. The third-order valence-corrected chi connectivity index (χ3v) is 4.57. The first-order valence-electron chi connectivity index (χ1n) is 8.32. The van der Waals surface area contributed by atoms with Crippen LogP contribution in [0.2, 0.25) is 0 Å². The van der Waals surface area contributed by atoms with E-state index in [1.54, 1.807) is 12.1 Å². The normalized spacial score (nSPS) is 19.8. The van der Waals surface area contributed by atoms with Crippen molar-refractivity contribution in [1.82, 2.24) is 5.43 Å². The quantitative estimate of drug-likeness (QED) is 0.652.